The van der Waals surface area contributed by atoms with E-state index in [9.17, 15) is 4.79 Å². The summed E-state index contributed by atoms with van der Waals surface area (Å²) in [4.78, 5) is 25.7. The summed E-state index contributed by atoms with van der Waals surface area (Å²) < 4.78 is 13.1. The summed E-state index contributed by atoms with van der Waals surface area (Å²) in [6.07, 6.45) is 3.38. The molecule has 4 N–H and O–H groups in total. The largest absolute Gasteiger partial charge is 0.454 e. The number of anilines is 1. The van der Waals surface area contributed by atoms with Gasteiger partial charge in [-0.05, 0) is 44.0 Å². The van der Waals surface area contributed by atoms with Crippen molar-refractivity contribution in [3.05, 3.63) is 24.0 Å². The van der Waals surface area contributed by atoms with Crippen LogP contribution in [0.4, 0.5) is 5.82 Å². The van der Waals surface area contributed by atoms with Gasteiger partial charge in [0.25, 0.3) is 0 Å². The van der Waals surface area contributed by atoms with Gasteiger partial charge in [-0.25, -0.2) is 20.4 Å². The number of nitrogens with one attached hydrogen (secondary N) is 3. The van der Waals surface area contributed by atoms with E-state index in [-0.39, 0.29) is 12.7 Å². The molecule has 1 aliphatic heterocycles. The smallest absolute Gasteiger partial charge is 0.243 e. The maximum atomic E-state index is 11.1. The first-order valence-corrected chi connectivity index (χ1v) is 12.5. The van der Waals surface area contributed by atoms with Crippen LogP contribution < -0.4 is 25.6 Å². The van der Waals surface area contributed by atoms with Gasteiger partial charge in [-0.3, -0.25) is 10.0 Å². The van der Waals surface area contributed by atoms with Crippen LogP contribution in [0.25, 0.3) is 11.2 Å². The zero-order valence-corrected chi connectivity index (χ0v) is 21.4. The van der Waals surface area contributed by atoms with Crippen LogP contribution in [0.1, 0.15) is 38.7 Å². The first-order chi connectivity index (χ1) is 17.1. The molecule has 3 aromatic rings. The number of hydrogen-bond acceptors (Lipinski definition) is 10. The normalized spacial score (nSPS) is 11.8. The number of carbonyl (C=O) groups is 1. The molecule has 0 unspecified atom stereocenters. The number of aromatic nitrogens is 4. The van der Waals surface area contributed by atoms with Crippen LogP contribution in [0.3, 0.4) is 0 Å². The zero-order chi connectivity index (χ0) is 25.2. The molecule has 190 valence electrons. The highest BCUT2D eigenvalue weighted by Crippen LogP contribution is 2.40. The van der Waals surface area contributed by atoms with Crippen molar-refractivity contribution in [1.82, 2.24) is 30.3 Å². The minimum atomic E-state index is -0.361. The van der Waals surface area contributed by atoms with Crippen LogP contribution in [0.2, 0.25) is 0 Å². The Balaban J connectivity index is 0.00000167. The molecule has 0 saturated carbocycles. The van der Waals surface area contributed by atoms with Crippen LogP contribution in [-0.4, -0.2) is 57.6 Å². The van der Waals surface area contributed by atoms with E-state index in [1.54, 1.807) is 17.2 Å². The Morgan fingerprint density at radius 3 is 2.69 bits per heavy atom. The summed E-state index contributed by atoms with van der Waals surface area (Å²) >= 11 is 1.55. The molecule has 0 spiro atoms. The lowest BCUT2D eigenvalue weighted by Crippen LogP contribution is -2.22. The Hall–Kier alpha value is -3.09. The Morgan fingerprint density at radius 1 is 1.17 bits per heavy atom. The van der Waals surface area contributed by atoms with E-state index in [0.717, 1.165) is 51.2 Å². The summed E-state index contributed by atoms with van der Waals surface area (Å²) in [6, 6.07) is 3.96. The number of rotatable bonds is 11. The van der Waals surface area contributed by atoms with Crippen molar-refractivity contribution in [2.45, 2.75) is 56.6 Å². The molecule has 2 aromatic heterocycles. The molecule has 0 radical (unpaired) electrons. The fourth-order valence-corrected chi connectivity index (χ4v) is 4.53. The third-order valence-corrected chi connectivity index (χ3v) is 6.40. The van der Waals surface area contributed by atoms with Crippen molar-refractivity contribution >= 4 is 34.7 Å². The van der Waals surface area contributed by atoms with E-state index < -0.39 is 0 Å². The highest BCUT2D eigenvalue weighted by atomic mass is 32.2. The number of carbonyl (C=O) groups excluding carboxylic acids is 1. The van der Waals surface area contributed by atoms with E-state index >= 15 is 0 Å². The average Bonchev–Trinajstić information content (AvgIpc) is 3.48. The van der Waals surface area contributed by atoms with Crippen LogP contribution >= 0.6 is 11.8 Å². The van der Waals surface area contributed by atoms with Gasteiger partial charge in [0.2, 0.25) is 12.7 Å². The second-order valence-electron chi connectivity index (χ2n) is 7.51. The van der Waals surface area contributed by atoms with Gasteiger partial charge in [0.1, 0.15) is 6.33 Å². The maximum Gasteiger partial charge on any atom is 0.243 e. The third-order valence-electron chi connectivity index (χ3n) is 5.25. The molecule has 0 atom stereocenters. The molecule has 0 saturated heterocycles. The number of nitrogens with zero attached hydrogens (tertiary/aromatic N) is 4. The Morgan fingerprint density at radius 2 is 1.94 bits per heavy atom. The molecule has 0 bridgehead atoms. The molecule has 1 amide bonds. The Labute approximate surface area is 209 Å². The Kier molecular flexibility index (Phi) is 9.94. The van der Waals surface area contributed by atoms with E-state index in [2.05, 4.69) is 25.2 Å². The van der Waals surface area contributed by atoms with Crippen molar-refractivity contribution < 1.29 is 19.5 Å². The van der Waals surface area contributed by atoms with Gasteiger partial charge < -0.3 is 24.7 Å². The number of fused-ring (bicyclic) bond motifs is 2. The number of amides is 1. The van der Waals surface area contributed by atoms with Crippen LogP contribution in [0.5, 0.6) is 11.5 Å². The second kappa shape index (κ2) is 13.1. The molecule has 11 nitrogen and oxygen atoms in total. The van der Waals surface area contributed by atoms with Gasteiger partial charge in [-0.1, -0.05) is 25.6 Å². The molecule has 3 heterocycles. The van der Waals surface area contributed by atoms with Gasteiger partial charge in [0.05, 0.1) is 0 Å². The molecule has 0 fully saturated rings. The number of benzene rings is 1. The fraction of sp³-hybridized carbons (Fsp3) is 0.478. The van der Waals surface area contributed by atoms with E-state index in [4.69, 9.17) is 19.7 Å². The van der Waals surface area contributed by atoms with Crippen LogP contribution in [0.15, 0.2) is 28.5 Å². The van der Waals surface area contributed by atoms with Gasteiger partial charge in [0.15, 0.2) is 33.6 Å². The number of aryl methyl sites for hydroxylation is 1. The molecular weight excluding hydrogens is 470 g/mol. The number of ether oxygens (including phenoxy) is 2. The topological polar surface area (TPSA) is 135 Å². The van der Waals surface area contributed by atoms with Crippen molar-refractivity contribution in [2.24, 2.45) is 0 Å². The highest BCUT2D eigenvalue weighted by Gasteiger charge is 2.20. The Bertz CT molecular complexity index is 1140. The van der Waals surface area contributed by atoms with Crippen molar-refractivity contribution in [3.8, 4) is 11.5 Å². The van der Waals surface area contributed by atoms with E-state index in [0.29, 0.717) is 31.7 Å². The van der Waals surface area contributed by atoms with Gasteiger partial charge >= 0.3 is 0 Å². The van der Waals surface area contributed by atoms with Crippen molar-refractivity contribution in [3.63, 3.8) is 0 Å². The predicted molar refractivity (Wildman–Crippen MR) is 134 cm³/mol. The van der Waals surface area contributed by atoms with Crippen LogP contribution in [0, 0.1) is 6.92 Å². The number of hydrogen-bond donors (Lipinski definition) is 4. The zero-order valence-electron chi connectivity index (χ0n) is 20.6. The van der Waals surface area contributed by atoms with Gasteiger partial charge in [-0.2, -0.15) is 0 Å². The molecule has 1 aliphatic rings. The lowest BCUT2D eigenvalue weighted by atomic mass is 10.2. The first-order valence-electron chi connectivity index (χ1n) is 11.7. The average molecular weight is 504 g/mol. The molecule has 35 heavy (non-hydrogen) atoms. The van der Waals surface area contributed by atoms with E-state index in [1.165, 1.54) is 6.33 Å². The number of hydroxylamine groups is 1. The quantitative estimate of drug-likeness (QED) is 0.175. The minimum absolute atomic E-state index is 0.235. The predicted octanol–water partition coefficient (Wildman–Crippen LogP) is 3.35. The van der Waals surface area contributed by atoms with Crippen molar-refractivity contribution in [2.75, 3.05) is 32.2 Å². The fourth-order valence-electron chi connectivity index (χ4n) is 3.52. The van der Waals surface area contributed by atoms with Gasteiger partial charge in [0, 0.05) is 31.5 Å². The third kappa shape index (κ3) is 6.53. The first kappa shape index (κ1) is 26.5. The molecular formula is C23H33N7O4S. The molecule has 12 heteroatoms. The summed E-state index contributed by atoms with van der Waals surface area (Å²) in [7, 11) is 1.81. The summed E-state index contributed by atoms with van der Waals surface area (Å²) in [5, 5.41) is 15.8. The van der Waals surface area contributed by atoms with E-state index in [1.807, 2.05) is 40.0 Å². The number of unbranched alkanes of at least 4 members (excludes halogenated alkanes) is 1. The second-order valence-corrected chi connectivity index (χ2v) is 8.51. The summed E-state index contributed by atoms with van der Waals surface area (Å²) in [6.45, 7) is 8.42. The summed E-state index contributed by atoms with van der Waals surface area (Å²) in [5.41, 5.74) is 4.21. The molecule has 1 aromatic carbocycles. The highest BCUT2D eigenvalue weighted by molar-refractivity contribution is 7.99. The monoisotopic (exact) mass is 503 g/mol. The lowest BCUT2D eigenvalue weighted by Gasteiger charge is -2.11. The standard InChI is InChI=1S/C21H27N7O4S.C2H6/c1-13-9-14-15(32-12-31-14)10-16(13)33-21-26-18-19(22-2)24-11-25-20(18)28(21)8-7-23-6-4-3-5-17(29)27-30;1-2/h9-11,23,30H,3-8,12H2,1-2H3,(H,27,29)(H,22,24,25);1-2H3. The maximum absolute atomic E-state index is 11.1. The lowest BCUT2D eigenvalue weighted by molar-refractivity contribution is -0.129. The SMILES string of the molecule is CC.CNc1ncnc2c1nc(Sc1cc3c(cc1C)OCO3)n2CCNCCCCC(=O)NO. The molecule has 4 rings (SSSR count). The van der Waals surface area contributed by atoms with Gasteiger partial charge in [-0.15, -0.1) is 0 Å². The molecule has 0 aliphatic carbocycles. The number of imidazole rings is 1. The minimum Gasteiger partial charge on any atom is -0.454 e. The van der Waals surface area contributed by atoms with Crippen LogP contribution in [-0.2, 0) is 11.3 Å². The summed E-state index contributed by atoms with van der Waals surface area (Å²) in [5.74, 6) is 1.81. The van der Waals surface area contributed by atoms with Crippen molar-refractivity contribution in [1.29, 1.82) is 0 Å².